The highest BCUT2D eigenvalue weighted by atomic mass is 16.4. The molecule has 0 unspecified atom stereocenters. The molecule has 1 aliphatic rings. The van der Waals surface area contributed by atoms with Crippen LogP contribution in [-0.4, -0.2) is 52.2 Å². The van der Waals surface area contributed by atoms with Crippen LogP contribution in [-0.2, 0) is 20.8 Å². The first-order valence-electron chi connectivity index (χ1n) is 10.8. The van der Waals surface area contributed by atoms with Crippen LogP contribution in [0.4, 0.5) is 0 Å². The molecule has 2 amide bonds. The lowest BCUT2D eigenvalue weighted by atomic mass is 9.94. The number of ketones is 1. The minimum absolute atomic E-state index is 0.0752. The third-order valence-corrected chi connectivity index (χ3v) is 5.76. The molecule has 7 heteroatoms. The number of nitrogens with zero attached hydrogens (tertiary/aromatic N) is 1. The molecule has 1 saturated heterocycles. The second-order valence-corrected chi connectivity index (χ2v) is 8.18. The van der Waals surface area contributed by atoms with Crippen molar-refractivity contribution in [3.05, 3.63) is 71.8 Å². The van der Waals surface area contributed by atoms with Gasteiger partial charge in [-0.05, 0) is 37.0 Å². The van der Waals surface area contributed by atoms with Gasteiger partial charge in [0.05, 0.1) is 6.04 Å². The SMILES string of the molecule is C[C@@H](CC(=O)[C@H](Cc1ccccc1)NC(=O)c1ccccc1)C(=O)N1CCC[C@H]1C(=O)O. The average molecular weight is 437 g/mol. The predicted octanol–water partition coefficient (Wildman–Crippen LogP) is 2.70. The number of rotatable bonds is 9. The number of carbonyl (C=O) groups excluding carboxylic acids is 3. The zero-order valence-corrected chi connectivity index (χ0v) is 18.1. The maximum atomic E-state index is 13.2. The topological polar surface area (TPSA) is 104 Å². The van der Waals surface area contributed by atoms with Crippen LogP contribution < -0.4 is 5.32 Å². The van der Waals surface area contributed by atoms with Crippen LogP contribution in [0.3, 0.4) is 0 Å². The molecule has 0 saturated carbocycles. The molecular weight excluding hydrogens is 408 g/mol. The van der Waals surface area contributed by atoms with Gasteiger partial charge in [-0.15, -0.1) is 0 Å². The number of nitrogens with one attached hydrogen (secondary N) is 1. The van der Waals surface area contributed by atoms with Gasteiger partial charge in [-0.1, -0.05) is 55.5 Å². The highest BCUT2D eigenvalue weighted by molar-refractivity contribution is 5.99. The Balaban J connectivity index is 1.71. The number of hydrogen-bond donors (Lipinski definition) is 2. The molecule has 1 aliphatic heterocycles. The zero-order valence-electron chi connectivity index (χ0n) is 18.1. The molecule has 2 aromatic carbocycles. The van der Waals surface area contributed by atoms with Crippen molar-refractivity contribution in [3.63, 3.8) is 0 Å². The predicted molar refractivity (Wildman–Crippen MR) is 119 cm³/mol. The van der Waals surface area contributed by atoms with Crippen molar-refractivity contribution in [2.24, 2.45) is 5.92 Å². The number of carbonyl (C=O) groups is 4. The van der Waals surface area contributed by atoms with E-state index < -0.39 is 24.0 Å². The van der Waals surface area contributed by atoms with E-state index in [1.807, 2.05) is 30.3 Å². The summed E-state index contributed by atoms with van der Waals surface area (Å²) in [4.78, 5) is 51.5. The lowest BCUT2D eigenvalue weighted by molar-refractivity contribution is -0.150. The molecule has 3 atom stereocenters. The molecule has 0 aromatic heterocycles. The van der Waals surface area contributed by atoms with Gasteiger partial charge in [0.2, 0.25) is 5.91 Å². The molecule has 0 radical (unpaired) electrons. The molecule has 0 aliphatic carbocycles. The number of benzene rings is 2. The minimum atomic E-state index is -1.02. The fraction of sp³-hybridized carbons (Fsp3) is 0.360. The van der Waals surface area contributed by atoms with E-state index >= 15 is 0 Å². The number of hydrogen-bond acceptors (Lipinski definition) is 4. The second-order valence-electron chi connectivity index (χ2n) is 8.18. The Morgan fingerprint density at radius 1 is 1.03 bits per heavy atom. The van der Waals surface area contributed by atoms with Crippen molar-refractivity contribution in [1.29, 1.82) is 0 Å². The average Bonchev–Trinajstić information content (AvgIpc) is 3.29. The largest absolute Gasteiger partial charge is 0.480 e. The van der Waals surface area contributed by atoms with E-state index in [-0.39, 0.29) is 24.0 Å². The van der Waals surface area contributed by atoms with Crippen LogP contribution in [0.1, 0.15) is 42.1 Å². The molecule has 1 heterocycles. The summed E-state index contributed by atoms with van der Waals surface area (Å²) in [6, 6.07) is 16.4. The van der Waals surface area contributed by atoms with Gasteiger partial charge in [0, 0.05) is 24.4 Å². The van der Waals surface area contributed by atoms with E-state index in [2.05, 4.69) is 5.32 Å². The summed E-state index contributed by atoms with van der Waals surface area (Å²) in [5, 5.41) is 12.2. The fourth-order valence-corrected chi connectivity index (χ4v) is 4.03. The maximum absolute atomic E-state index is 13.2. The van der Waals surface area contributed by atoms with E-state index in [4.69, 9.17) is 0 Å². The summed E-state index contributed by atoms with van der Waals surface area (Å²) in [7, 11) is 0. The first-order valence-corrected chi connectivity index (χ1v) is 10.8. The van der Waals surface area contributed by atoms with Crippen LogP contribution >= 0.6 is 0 Å². The first-order chi connectivity index (χ1) is 15.4. The Hall–Kier alpha value is -3.48. The van der Waals surface area contributed by atoms with Crippen LogP contribution in [0, 0.1) is 5.92 Å². The Bertz CT molecular complexity index is 961. The Morgan fingerprint density at radius 2 is 1.66 bits per heavy atom. The number of amides is 2. The van der Waals surface area contributed by atoms with Crippen molar-refractivity contribution >= 4 is 23.6 Å². The molecule has 2 N–H and O–H groups in total. The Kier molecular flexibility index (Phi) is 7.76. The van der Waals surface area contributed by atoms with E-state index in [1.165, 1.54) is 4.90 Å². The number of aliphatic carboxylic acids is 1. The lowest BCUT2D eigenvalue weighted by Gasteiger charge is -2.26. The quantitative estimate of drug-likeness (QED) is 0.629. The summed E-state index contributed by atoms with van der Waals surface area (Å²) < 4.78 is 0. The molecule has 0 spiro atoms. The summed E-state index contributed by atoms with van der Waals surface area (Å²) in [5.41, 5.74) is 1.34. The standard InChI is InChI=1S/C25H28N2O5/c1-17(24(30)27-14-8-13-21(27)25(31)32)15-22(28)20(16-18-9-4-2-5-10-18)26-23(29)19-11-6-3-7-12-19/h2-7,9-12,17,20-21H,8,13-16H2,1H3,(H,26,29)(H,31,32)/t17-,20-,21-/m0/s1. The van der Waals surface area contributed by atoms with Crippen molar-refractivity contribution in [1.82, 2.24) is 10.2 Å². The fourth-order valence-electron chi connectivity index (χ4n) is 4.03. The maximum Gasteiger partial charge on any atom is 0.326 e. The Morgan fingerprint density at radius 3 is 2.28 bits per heavy atom. The molecule has 32 heavy (non-hydrogen) atoms. The van der Waals surface area contributed by atoms with Gasteiger partial charge in [0.1, 0.15) is 6.04 Å². The van der Waals surface area contributed by atoms with E-state index in [9.17, 15) is 24.3 Å². The second kappa shape index (κ2) is 10.7. The molecule has 0 bridgehead atoms. The summed E-state index contributed by atoms with van der Waals surface area (Å²) >= 11 is 0. The van der Waals surface area contributed by atoms with Crippen LogP contribution in [0.15, 0.2) is 60.7 Å². The molecular formula is C25H28N2O5. The van der Waals surface area contributed by atoms with Crippen molar-refractivity contribution in [2.75, 3.05) is 6.54 Å². The van der Waals surface area contributed by atoms with E-state index in [1.54, 1.807) is 37.3 Å². The van der Waals surface area contributed by atoms with Crippen LogP contribution in [0.5, 0.6) is 0 Å². The van der Waals surface area contributed by atoms with Gasteiger partial charge < -0.3 is 15.3 Å². The smallest absolute Gasteiger partial charge is 0.326 e. The molecule has 7 nitrogen and oxygen atoms in total. The van der Waals surface area contributed by atoms with Crippen molar-refractivity contribution in [2.45, 2.75) is 44.7 Å². The van der Waals surface area contributed by atoms with E-state index in [0.29, 0.717) is 31.4 Å². The highest BCUT2D eigenvalue weighted by Gasteiger charge is 2.37. The van der Waals surface area contributed by atoms with Gasteiger partial charge >= 0.3 is 5.97 Å². The van der Waals surface area contributed by atoms with Crippen molar-refractivity contribution in [3.8, 4) is 0 Å². The highest BCUT2D eigenvalue weighted by Crippen LogP contribution is 2.22. The summed E-state index contributed by atoms with van der Waals surface area (Å²) in [6.45, 7) is 2.02. The normalized spacial score (nSPS) is 17.4. The molecule has 168 valence electrons. The molecule has 3 rings (SSSR count). The van der Waals surface area contributed by atoms with Gasteiger partial charge in [0.25, 0.3) is 5.91 Å². The minimum Gasteiger partial charge on any atom is -0.480 e. The summed E-state index contributed by atoms with van der Waals surface area (Å²) in [6.07, 6.45) is 1.29. The lowest BCUT2D eigenvalue weighted by Crippen LogP contribution is -2.46. The molecule has 2 aromatic rings. The monoisotopic (exact) mass is 436 g/mol. The Labute approximate surface area is 187 Å². The van der Waals surface area contributed by atoms with Gasteiger partial charge in [-0.3, -0.25) is 14.4 Å². The third-order valence-electron chi connectivity index (χ3n) is 5.76. The zero-order chi connectivity index (χ0) is 23.1. The van der Waals surface area contributed by atoms with Crippen LogP contribution in [0.25, 0.3) is 0 Å². The third kappa shape index (κ3) is 5.81. The summed E-state index contributed by atoms with van der Waals surface area (Å²) in [5.74, 6) is -2.65. The first kappa shape index (κ1) is 23.2. The number of Topliss-reactive ketones (excluding diaryl/α,β-unsaturated/α-hetero) is 1. The molecule has 1 fully saturated rings. The van der Waals surface area contributed by atoms with Crippen LogP contribution in [0.2, 0.25) is 0 Å². The van der Waals surface area contributed by atoms with Gasteiger partial charge in [-0.2, -0.15) is 0 Å². The number of carboxylic acid groups (broad SMARTS) is 1. The van der Waals surface area contributed by atoms with E-state index in [0.717, 1.165) is 5.56 Å². The van der Waals surface area contributed by atoms with Crippen molar-refractivity contribution < 1.29 is 24.3 Å². The number of likely N-dealkylation sites (tertiary alicyclic amines) is 1. The number of carboxylic acids is 1. The van der Waals surface area contributed by atoms with Gasteiger partial charge in [0.15, 0.2) is 5.78 Å². The van der Waals surface area contributed by atoms with Gasteiger partial charge in [-0.25, -0.2) is 4.79 Å².